The SMILES string of the molecule is CCCc1sc(C(=O)/C=C/c2ccncc2)cc1Br. The summed E-state index contributed by atoms with van der Waals surface area (Å²) >= 11 is 5.08. The number of aryl methyl sites for hydroxylation is 1. The van der Waals surface area contributed by atoms with Crippen molar-refractivity contribution in [3.05, 3.63) is 56.5 Å². The van der Waals surface area contributed by atoms with Crippen molar-refractivity contribution in [3.8, 4) is 0 Å². The molecular formula is C15H14BrNOS. The maximum Gasteiger partial charge on any atom is 0.195 e. The molecule has 19 heavy (non-hydrogen) atoms. The van der Waals surface area contributed by atoms with Crippen LogP contribution in [0.4, 0.5) is 0 Å². The van der Waals surface area contributed by atoms with Crippen LogP contribution < -0.4 is 0 Å². The molecule has 2 aromatic rings. The number of hydrogen-bond acceptors (Lipinski definition) is 3. The number of hydrogen-bond donors (Lipinski definition) is 0. The second-order valence-corrected chi connectivity index (χ2v) is 6.10. The number of aromatic nitrogens is 1. The third-order valence-corrected chi connectivity index (χ3v) is 4.79. The lowest BCUT2D eigenvalue weighted by Crippen LogP contribution is -1.88. The third kappa shape index (κ3) is 3.85. The Bertz CT molecular complexity index is 589. The van der Waals surface area contributed by atoms with E-state index in [1.54, 1.807) is 29.8 Å². The zero-order valence-electron chi connectivity index (χ0n) is 10.6. The average Bonchev–Trinajstić information content (AvgIpc) is 2.79. The van der Waals surface area contributed by atoms with E-state index in [9.17, 15) is 4.79 Å². The molecule has 0 fully saturated rings. The molecule has 0 radical (unpaired) electrons. The van der Waals surface area contributed by atoms with Crippen molar-refractivity contribution >= 4 is 39.1 Å². The third-order valence-electron chi connectivity index (χ3n) is 2.61. The van der Waals surface area contributed by atoms with Gasteiger partial charge >= 0.3 is 0 Å². The molecule has 4 heteroatoms. The lowest BCUT2D eigenvalue weighted by molar-refractivity contribution is 0.105. The van der Waals surface area contributed by atoms with Crippen LogP contribution >= 0.6 is 27.3 Å². The van der Waals surface area contributed by atoms with E-state index in [1.165, 1.54) is 4.88 Å². The lowest BCUT2D eigenvalue weighted by Gasteiger charge is -1.92. The average molecular weight is 336 g/mol. The Hall–Kier alpha value is -1.26. The van der Waals surface area contributed by atoms with Gasteiger partial charge in [0.05, 0.1) is 4.88 Å². The highest BCUT2D eigenvalue weighted by Gasteiger charge is 2.10. The molecule has 0 spiro atoms. The van der Waals surface area contributed by atoms with E-state index in [0.717, 1.165) is 27.8 Å². The second kappa shape index (κ2) is 6.78. The molecule has 0 aliphatic rings. The first kappa shape index (κ1) is 14.2. The minimum Gasteiger partial charge on any atom is -0.288 e. The Morgan fingerprint density at radius 3 is 2.84 bits per heavy atom. The van der Waals surface area contributed by atoms with Gasteiger partial charge in [-0.2, -0.15) is 0 Å². The molecule has 2 heterocycles. The summed E-state index contributed by atoms with van der Waals surface area (Å²) in [5, 5.41) is 0. The summed E-state index contributed by atoms with van der Waals surface area (Å²) in [6.07, 6.45) is 8.95. The molecule has 0 bridgehead atoms. The Morgan fingerprint density at radius 1 is 1.42 bits per heavy atom. The predicted octanol–water partition coefficient (Wildman–Crippen LogP) is 4.75. The number of allylic oxidation sites excluding steroid dienone is 1. The monoisotopic (exact) mass is 335 g/mol. The zero-order valence-corrected chi connectivity index (χ0v) is 13.0. The first-order chi connectivity index (χ1) is 9.20. The number of carbonyl (C=O) groups is 1. The first-order valence-electron chi connectivity index (χ1n) is 6.11. The standard InChI is InChI=1S/C15H14BrNOS/c1-2-3-14-12(16)10-15(19-14)13(18)5-4-11-6-8-17-9-7-11/h4-10H,2-3H2,1H3/b5-4+. The summed E-state index contributed by atoms with van der Waals surface area (Å²) < 4.78 is 1.04. The van der Waals surface area contributed by atoms with Crippen LogP contribution in [0.25, 0.3) is 6.08 Å². The van der Waals surface area contributed by atoms with Crippen LogP contribution in [-0.4, -0.2) is 10.8 Å². The molecule has 0 N–H and O–H groups in total. The number of halogens is 1. The summed E-state index contributed by atoms with van der Waals surface area (Å²) in [6.45, 7) is 2.14. The molecule has 0 aromatic carbocycles. The molecule has 2 rings (SSSR count). The summed E-state index contributed by atoms with van der Waals surface area (Å²) in [5.74, 6) is 0.0462. The van der Waals surface area contributed by atoms with Gasteiger partial charge in [-0.1, -0.05) is 19.4 Å². The normalized spacial score (nSPS) is 11.1. The molecule has 0 saturated carbocycles. The highest BCUT2D eigenvalue weighted by Crippen LogP contribution is 2.29. The van der Waals surface area contributed by atoms with Crippen LogP contribution in [0.15, 0.2) is 41.1 Å². The van der Waals surface area contributed by atoms with Crippen molar-refractivity contribution in [1.82, 2.24) is 4.98 Å². The summed E-state index contributed by atoms with van der Waals surface area (Å²) in [5.41, 5.74) is 0.979. The summed E-state index contributed by atoms with van der Waals surface area (Å²) in [7, 11) is 0. The van der Waals surface area contributed by atoms with Crippen LogP contribution in [0, 0.1) is 0 Å². The lowest BCUT2D eigenvalue weighted by atomic mass is 10.2. The van der Waals surface area contributed by atoms with Crippen LogP contribution in [0.1, 0.15) is 33.5 Å². The first-order valence-corrected chi connectivity index (χ1v) is 7.72. The number of ketones is 1. The van der Waals surface area contributed by atoms with E-state index >= 15 is 0 Å². The fourth-order valence-electron chi connectivity index (χ4n) is 1.65. The highest BCUT2D eigenvalue weighted by molar-refractivity contribution is 9.10. The van der Waals surface area contributed by atoms with Gasteiger partial charge in [-0.25, -0.2) is 0 Å². The van der Waals surface area contributed by atoms with Gasteiger partial charge in [0.1, 0.15) is 0 Å². The van der Waals surface area contributed by atoms with Gasteiger partial charge in [-0.3, -0.25) is 9.78 Å². The van der Waals surface area contributed by atoms with E-state index in [1.807, 2.05) is 24.3 Å². The highest BCUT2D eigenvalue weighted by atomic mass is 79.9. The van der Waals surface area contributed by atoms with Crippen molar-refractivity contribution in [2.75, 3.05) is 0 Å². The molecule has 0 amide bonds. The topological polar surface area (TPSA) is 30.0 Å². The van der Waals surface area contributed by atoms with Crippen molar-refractivity contribution < 1.29 is 4.79 Å². The van der Waals surface area contributed by atoms with Gasteiger partial charge in [0.2, 0.25) is 0 Å². The van der Waals surface area contributed by atoms with Gasteiger partial charge in [-0.05, 0) is 52.2 Å². The van der Waals surface area contributed by atoms with Crippen LogP contribution in [-0.2, 0) is 6.42 Å². The minimum atomic E-state index is 0.0462. The molecule has 0 atom stereocenters. The fraction of sp³-hybridized carbons (Fsp3) is 0.200. The molecule has 0 saturated heterocycles. The number of rotatable bonds is 5. The van der Waals surface area contributed by atoms with E-state index in [0.29, 0.717) is 0 Å². The molecule has 0 unspecified atom stereocenters. The Morgan fingerprint density at radius 2 is 2.16 bits per heavy atom. The molecule has 98 valence electrons. The van der Waals surface area contributed by atoms with E-state index in [4.69, 9.17) is 0 Å². The number of thiophene rings is 1. The van der Waals surface area contributed by atoms with Crippen molar-refractivity contribution in [1.29, 1.82) is 0 Å². The van der Waals surface area contributed by atoms with Crippen LogP contribution in [0.3, 0.4) is 0 Å². The van der Waals surface area contributed by atoms with Gasteiger partial charge in [-0.15, -0.1) is 11.3 Å². The Kier molecular flexibility index (Phi) is 5.05. The second-order valence-electron chi connectivity index (χ2n) is 4.11. The molecule has 2 aromatic heterocycles. The molecule has 0 aliphatic heterocycles. The van der Waals surface area contributed by atoms with E-state index in [-0.39, 0.29) is 5.78 Å². The van der Waals surface area contributed by atoms with E-state index < -0.39 is 0 Å². The number of carbonyl (C=O) groups excluding carboxylic acids is 1. The Balaban J connectivity index is 2.12. The van der Waals surface area contributed by atoms with Gasteiger partial charge < -0.3 is 0 Å². The summed E-state index contributed by atoms with van der Waals surface area (Å²) in [6, 6.07) is 5.65. The number of nitrogens with zero attached hydrogens (tertiary/aromatic N) is 1. The van der Waals surface area contributed by atoms with Crippen molar-refractivity contribution in [3.63, 3.8) is 0 Å². The molecular weight excluding hydrogens is 322 g/mol. The Labute approximate surface area is 125 Å². The number of pyridine rings is 1. The maximum atomic E-state index is 12.1. The van der Waals surface area contributed by atoms with Gasteiger partial charge in [0.25, 0.3) is 0 Å². The van der Waals surface area contributed by atoms with Gasteiger partial charge in [0, 0.05) is 21.7 Å². The quantitative estimate of drug-likeness (QED) is 0.582. The van der Waals surface area contributed by atoms with E-state index in [2.05, 4.69) is 27.8 Å². The van der Waals surface area contributed by atoms with Crippen LogP contribution in [0.5, 0.6) is 0 Å². The van der Waals surface area contributed by atoms with Gasteiger partial charge in [0.15, 0.2) is 5.78 Å². The predicted molar refractivity (Wildman–Crippen MR) is 83.6 cm³/mol. The fourth-order valence-corrected chi connectivity index (χ4v) is 3.55. The zero-order chi connectivity index (χ0) is 13.7. The molecule has 0 aliphatic carbocycles. The smallest absolute Gasteiger partial charge is 0.195 e. The van der Waals surface area contributed by atoms with Crippen molar-refractivity contribution in [2.24, 2.45) is 0 Å². The van der Waals surface area contributed by atoms with Crippen LogP contribution in [0.2, 0.25) is 0 Å². The summed E-state index contributed by atoms with van der Waals surface area (Å²) in [4.78, 5) is 18.0. The maximum absolute atomic E-state index is 12.1. The molecule has 2 nitrogen and oxygen atoms in total. The minimum absolute atomic E-state index is 0.0462. The largest absolute Gasteiger partial charge is 0.288 e. The van der Waals surface area contributed by atoms with Crippen molar-refractivity contribution in [2.45, 2.75) is 19.8 Å².